The molecular weight excluding hydrogens is 280 g/mol. The number of nitrogens with zero attached hydrogens (tertiary/aromatic N) is 2. The molecule has 0 radical (unpaired) electrons. The fourth-order valence-corrected chi connectivity index (χ4v) is 2.26. The molecule has 2 rings (SSSR count). The fraction of sp³-hybridized carbons (Fsp3) is 0.250. The Balaban J connectivity index is 2.45. The van der Waals surface area contributed by atoms with Crippen molar-refractivity contribution >= 4 is 15.9 Å². The van der Waals surface area contributed by atoms with Crippen molar-refractivity contribution in [1.82, 2.24) is 15.2 Å². The molecule has 17 heavy (non-hydrogen) atoms. The second kappa shape index (κ2) is 5.00. The van der Waals surface area contributed by atoms with Gasteiger partial charge in [0, 0.05) is 23.3 Å². The van der Waals surface area contributed by atoms with Gasteiger partial charge < -0.3 is 0 Å². The van der Waals surface area contributed by atoms with Crippen LogP contribution in [0, 0.1) is 6.92 Å². The molecule has 0 saturated carbocycles. The highest BCUT2D eigenvalue weighted by Crippen LogP contribution is 2.26. The van der Waals surface area contributed by atoms with Gasteiger partial charge in [-0.05, 0) is 30.2 Å². The summed E-state index contributed by atoms with van der Waals surface area (Å²) in [6, 6.07) is 6.13. The topological polar surface area (TPSA) is 55.9 Å². The van der Waals surface area contributed by atoms with Gasteiger partial charge in [-0.2, -0.15) is 5.10 Å². The lowest BCUT2D eigenvalue weighted by atomic mass is 9.98. The zero-order chi connectivity index (χ0) is 12.4. The maximum absolute atomic E-state index is 5.66. The van der Waals surface area contributed by atoms with E-state index >= 15 is 0 Å². The number of benzene rings is 1. The van der Waals surface area contributed by atoms with Gasteiger partial charge in [0.25, 0.3) is 0 Å². The first-order valence-electron chi connectivity index (χ1n) is 5.32. The Morgan fingerprint density at radius 3 is 2.82 bits per heavy atom. The largest absolute Gasteiger partial charge is 0.275 e. The molecular formula is C12H15BrN4. The van der Waals surface area contributed by atoms with Gasteiger partial charge in [-0.25, -0.2) is 5.43 Å². The average Bonchev–Trinajstić information content (AvgIpc) is 2.71. The van der Waals surface area contributed by atoms with Gasteiger partial charge in [-0.3, -0.25) is 10.5 Å². The maximum Gasteiger partial charge on any atom is 0.0743 e. The summed E-state index contributed by atoms with van der Waals surface area (Å²) in [5.74, 6) is 5.66. The number of aryl methyl sites for hydroxylation is 2. The summed E-state index contributed by atoms with van der Waals surface area (Å²) in [4.78, 5) is 0. The van der Waals surface area contributed by atoms with Crippen LogP contribution in [0.3, 0.4) is 0 Å². The van der Waals surface area contributed by atoms with Gasteiger partial charge in [0.1, 0.15) is 0 Å². The Morgan fingerprint density at radius 1 is 1.47 bits per heavy atom. The van der Waals surface area contributed by atoms with Gasteiger partial charge in [0.05, 0.1) is 12.2 Å². The molecule has 90 valence electrons. The highest BCUT2D eigenvalue weighted by molar-refractivity contribution is 9.10. The third-order valence-corrected chi connectivity index (χ3v) is 3.27. The molecule has 1 atom stereocenters. The van der Waals surface area contributed by atoms with Crippen molar-refractivity contribution in [1.29, 1.82) is 0 Å². The van der Waals surface area contributed by atoms with Crippen LogP contribution in [0.1, 0.15) is 22.7 Å². The van der Waals surface area contributed by atoms with Crippen LogP contribution in [0.2, 0.25) is 0 Å². The SMILES string of the molecule is Cc1ccc(Br)cc1C(NN)c1cnn(C)c1. The molecule has 1 heterocycles. The van der Waals surface area contributed by atoms with Crippen LogP contribution in [0.15, 0.2) is 35.1 Å². The van der Waals surface area contributed by atoms with E-state index in [-0.39, 0.29) is 6.04 Å². The van der Waals surface area contributed by atoms with Gasteiger partial charge in [-0.1, -0.05) is 22.0 Å². The third-order valence-electron chi connectivity index (χ3n) is 2.78. The van der Waals surface area contributed by atoms with Gasteiger partial charge in [0.15, 0.2) is 0 Å². The third kappa shape index (κ3) is 2.57. The first-order chi connectivity index (χ1) is 8.11. The predicted octanol–water partition coefficient (Wildman–Crippen LogP) is 2.04. The minimum Gasteiger partial charge on any atom is -0.275 e. The minimum absolute atomic E-state index is 0.0406. The molecule has 0 aliphatic heterocycles. The quantitative estimate of drug-likeness (QED) is 0.673. The first kappa shape index (κ1) is 12.3. The van der Waals surface area contributed by atoms with Crippen LogP contribution in [0.4, 0.5) is 0 Å². The van der Waals surface area contributed by atoms with E-state index in [1.165, 1.54) is 5.56 Å². The zero-order valence-electron chi connectivity index (χ0n) is 9.81. The number of hydrogen-bond donors (Lipinski definition) is 2. The second-order valence-electron chi connectivity index (χ2n) is 4.05. The zero-order valence-corrected chi connectivity index (χ0v) is 11.4. The van der Waals surface area contributed by atoms with Crippen molar-refractivity contribution in [3.63, 3.8) is 0 Å². The van der Waals surface area contributed by atoms with Crippen LogP contribution in [0.5, 0.6) is 0 Å². The Hall–Kier alpha value is -1.17. The predicted molar refractivity (Wildman–Crippen MR) is 71.3 cm³/mol. The molecule has 0 aliphatic carbocycles. The number of rotatable bonds is 3. The molecule has 1 unspecified atom stereocenters. The van der Waals surface area contributed by atoms with E-state index in [0.717, 1.165) is 15.6 Å². The average molecular weight is 295 g/mol. The molecule has 0 aliphatic rings. The summed E-state index contributed by atoms with van der Waals surface area (Å²) < 4.78 is 2.81. The first-order valence-corrected chi connectivity index (χ1v) is 6.12. The second-order valence-corrected chi connectivity index (χ2v) is 4.96. The lowest BCUT2D eigenvalue weighted by Gasteiger charge is -2.17. The lowest BCUT2D eigenvalue weighted by Crippen LogP contribution is -2.29. The van der Waals surface area contributed by atoms with Crippen molar-refractivity contribution < 1.29 is 0 Å². The molecule has 5 heteroatoms. The molecule has 0 amide bonds. The number of aromatic nitrogens is 2. The molecule has 0 bridgehead atoms. The van der Waals surface area contributed by atoms with Gasteiger partial charge in [0.2, 0.25) is 0 Å². The Bertz CT molecular complexity index is 521. The summed E-state index contributed by atoms with van der Waals surface area (Å²) in [5.41, 5.74) is 6.24. The van der Waals surface area contributed by atoms with Crippen molar-refractivity contribution in [2.45, 2.75) is 13.0 Å². The fourth-order valence-electron chi connectivity index (χ4n) is 1.88. The number of nitrogens with two attached hydrogens (primary N) is 1. The van der Waals surface area contributed by atoms with Crippen LogP contribution < -0.4 is 11.3 Å². The van der Waals surface area contributed by atoms with E-state index in [1.54, 1.807) is 4.68 Å². The molecule has 4 nitrogen and oxygen atoms in total. The smallest absolute Gasteiger partial charge is 0.0743 e. The molecule has 0 saturated heterocycles. The summed E-state index contributed by atoms with van der Waals surface area (Å²) >= 11 is 3.48. The van der Waals surface area contributed by atoms with E-state index in [9.17, 15) is 0 Å². The van der Waals surface area contributed by atoms with Crippen LogP contribution >= 0.6 is 15.9 Å². The summed E-state index contributed by atoms with van der Waals surface area (Å²) in [6.45, 7) is 2.07. The maximum atomic E-state index is 5.66. The Kier molecular flexibility index (Phi) is 3.61. The Morgan fingerprint density at radius 2 is 2.24 bits per heavy atom. The highest BCUT2D eigenvalue weighted by Gasteiger charge is 2.16. The van der Waals surface area contributed by atoms with E-state index in [2.05, 4.69) is 45.5 Å². The van der Waals surface area contributed by atoms with Crippen LogP contribution in [-0.4, -0.2) is 9.78 Å². The van der Waals surface area contributed by atoms with Crippen LogP contribution in [-0.2, 0) is 7.05 Å². The number of nitrogens with one attached hydrogen (secondary N) is 1. The summed E-state index contributed by atoms with van der Waals surface area (Å²) in [5, 5.41) is 4.17. The molecule has 2 aromatic rings. The number of hydrazine groups is 1. The van der Waals surface area contributed by atoms with Crippen molar-refractivity contribution in [3.8, 4) is 0 Å². The Labute approximate surface area is 109 Å². The monoisotopic (exact) mass is 294 g/mol. The molecule has 0 fully saturated rings. The standard InChI is InChI=1S/C12H15BrN4/c1-8-3-4-10(13)5-11(8)12(16-14)9-6-15-17(2)7-9/h3-7,12,16H,14H2,1-2H3. The van der Waals surface area contributed by atoms with Gasteiger partial charge in [-0.15, -0.1) is 0 Å². The van der Waals surface area contributed by atoms with Crippen molar-refractivity contribution in [3.05, 3.63) is 51.8 Å². The van der Waals surface area contributed by atoms with Crippen LogP contribution in [0.25, 0.3) is 0 Å². The van der Waals surface area contributed by atoms with E-state index in [1.807, 2.05) is 25.5 Å². The number of halogens is 1. The van der Waals surface area contributed by atoms with E-state index < -0.39 is 0 Å². The van der Waals surface area contributed by atoms with Gasteiger partial charge >= 0.3 is 0 Å². The molecule has 1 aromatic heterocycles. The minimum atomic E-state index is -0.0406. The van der Waals surface area contributed by atoms with E-state index in [4.69, 9.17) is 5.84 Å². The summed E-state index contributed by atoms with van der Waals surface area (Å²) in [6.07, 6.45) is 3.79. The van der Waals surface area contributed by atoms with Crippen molar-refractivity contribution in [2.75, 3.05) is 0 Å². The normalized spacial score (nSPS) is 12.7. The molecule has 0 spiro atoms. The van der Waals surface area contributed by atoms with E-state index in [0.29, 0.717) is 0 Å². The molecule has 1 aromatic carbocycles. The number of hydrogen-bond acceptors (Lipinski definition) is 3. The summed E-state index contributed by atoms with van der Waals surface area (Å²) in [7, 11) is 1.89. The highest BCUT2D eigenvalue weighted by atomic mass is 79.9. The molecule has 3 N–H and O–H groups in total. The lowest BCUT2D eigenvalue weighted by molar-refractivity contribution is 0.632. The van der Waals surface area contributed by atoms with Crippen molar-refractivity contribution in [2.24, 2.45) is 12.9 Å².